The molecule has 0 amide bonds. The quantitative estimate of drug-likeness (QED) is 0.748. The third kappa shape index (κ3) is 3.16. The summed E-state index contributed by atoms with van der Waals surface area (Å²) in [5.41, 5.74) is 4.71. The number of halogens is 3. The van der Waals surface area contributed by atoms with Crippen molar-refractivity contribution < 1.29 is 23.1 Å². The fourth-order valence-electron chi connectivity index (χ4n) is 1.16. The molecule has 1 rings (SSSR count). The molecule has 0 aliphatic rings. The second-order valence-electron chi connectivity index (χ2n) is 3.01. The number of hydrogen-bond acceptors (Lipinski definition) is 2. The summed E-state index contributed by atoms with van der Waals surface area (Å²) in [5.74, 6) is -1.42. The van der Waals surface area contributed by atoms with Gasteiger partial charge in [-0.2, -0.15) is 13.2 Å². The maximum atomic E-state index is 12.1. The van der Waals surface area contributed by atoms with Crippen LogP contribution in [0.4, 0.5) is 18.9 Å². The molecule has 0 fully saturated rings. The van der Waals surface area contributed by atoms with Gasteiger partial charge in [0.25, 0.3) is 0 Å². The molecule has 15 heavy (non-hydrogen) atoms. The zero-order valence-electron chi connectivity index (χ0n) is 7.51. The molecule has 1 aromatic rings. The number of alkyl halides is 3. The zero-order valence-corrected chi connectivity index (χ0v) is 7.51. The molecular weight excluding hydrogens is 211 g/mol. The molecule has 0 unspecified atom stereocenters. The van der Waals surface area contributed by atoms with Crippen molar-refractivity contribution in [2.45, 2.75) is 12.6 Å². The first-order valence-corrected chi connectivity index (χ1v) is 3.98. The average molecular weight is 219 g/mol. The Bertz CT molecular complexity index is 387. The number of nitrogen functional groups attached to an aromatic ring is 1. The van der Waals surface area contributed by atoms with Crippen LogP contribution < -0.4 is 5.73 Å². The van der Waals surface area contributed by atoms with Crippen molar-refractivity contribution in [3.05, 3.63) is 29.3 Å². The molecule has 0 atom stereocenters. The summed E-state index contributed by atoms with van der Waals surface area (Å²) < 4.78 is 36.2. The third-order valence-corrected chi connectivity index (χ3v) is 1.76. The van der Waals surface area contributed by atoms with E-state index >= 15 is 0 Å². The van der Waals surface area contributed by atoms with Gasteiger partial charge in [-0.25, -0.2) is 4.79 Å². The van der Waals surface area contributed by atoms with E-state index in [0.29, 0.717) is 0 Å². The van der Waals surface area contributed by atoms with E-state index < -0.39 is 24.1 Å². The lowest BCUT2D eigenvalue weighted by atomic mass is 10.0. The Hall–Kier alpha value is -1.72. The number of carbonyl (C=O) groups is 1. The van der Waals surface area contributed by atoms with Crippen LogP contribution in [0.2, 0.25) is 0 Å². The molecule has 0 aliphatic heterocycles. The number of benzene rings is 1. The van der Waals surface area contributed by atoms with Gasteiger partial charge in [-0.15, -0.1) is 0 Å². The van der Waals surface area contributed by atoms with Crippen molar-refractivity contribution in [1.29, 1.82) is 0 Å². The van der Waals surface area contributed by atoms with E-state index in [1.54, 1.807) is 0 Å². The molecule has 82 valence electrons. The van der Waals surface area contributed by atoms with Crippen LogP contribution in [-0.2, 0) is 6.42 Å². The van der Waals surface area contributed by atoms with Gasteiger partial charge in [-0.05, 0) is 17.7 Å². The Kier molecular flexibility index (Phi) is 2.88. The smallest absolute Gasteiger partial charge is 0.393 e. The van der Waals surface area contributed by atoms with Crippen molar-refractivity contribution >= 4 is 11.7 Å². The predicted molar refractivity (Wildman–Crippen MR) is 47.6 cm³/mol. The molecule has 0 saturated carbocycles. The minimum atomic E-state index is -4.43. The van der Waals surface area contributed by atoms with E-state index in [0.717, 1.165) is 12.1 Å². The number of rotatable bonds is 2. The molecule has 0 heterocycles. The van der Waals surface area contributed by atoms with Crippen molar-refractivity contribution in [2.24, 2.45) is 0 Å². The molecule has 1 aromatic carbocycles. The first-order chi connectivity index (χ1) is 6.79. The van der Waals surface area contributed by atoms with E-state index in [2.05, 4.69) is 0 Å². The highest BCUT2D eigenvalue weighted by Crippen LogP contribution is 2.24. The highest BCUT2D eigenvalue weighted by Gasteiger charge is 2.29. The minimum absolute atomic E-state index is 0.123. The summed E-state index contributed by atoms with van der Waals surface area (Å²) in [6.45, 7) is 0. The van der Waals surface area contributed by atoms with Gasteiger partial charge in [-0.1, -0.05) is 6.07 Å². The summed E-state index contributed by atoms with van der Waals surface area (Å²) in [7, 11) is 0. The maximum absolute atomic E-state index is 12.1. The summed E-state index contributed by atoms with van der Waals surface area (Å²) in [5, 5.41) is 8.66. The standard InChI is InChI=1S/C9H8F3NO2/c10-9(11,12)4-5-1-2-6(13)3-7(5)8(14)15/h1-3H,4,13H2,(H,14,15). The van der Waals surface area contributed by atoms with Crippen molar-refractivity contribution in [3.8, 4) is 0 Å². The van der Waals surface area contributed by atoms with Crippen LogP contribution in [0.3, 0.4) is 0 Å². The Morgan fingerprint density at radius 2 is 2.00 bits per heavy atom. The molecule has 0 aromatic heterocycles. The average Bonchev–Trinajstić information content (AvgIpc) is 2.05. The third-order valence-electron chi connectivity index (χ3n) is 1.76. The lowest BCUT2D eigenvalue weighted by Crippen LogP contribution is -2.15. The Balaban J connectivity index is 3.12. The molecule has 0 bridgehead atoms. The summed E-state index contributed by atoms with van der Waals surface area (Å²) in [4.78, 5) is 10.6. The Morgan fingerprint density at radius 3 is 2.47 bits per heavy atom. The lowest BCUT2D eigenvalue weighted by Gasteiger charge is -2.09. The number of carboxylic acids is 1. The van der Waals surface area contributed by atoms with E-state index in [1.807, 2.05) is 0 Å². The van der Waals surface area contributed by atoms with Crippen LogP contribution in [0.15, 0.2) is 18.2 Å². The van der Waals surface area contributed by atoms with Crippen molar-refractivity contribution in [2.75, 3.05) is 5.73 Å². The first kappa shape index (κ1) is 11.4. The summed E-state index contributed by atoms with van der Waals surface area (Å²) in [6, 6.07) is 3.34. The molecule has 0 radical (unpaired) electrons. The molecule has 0 aliphatic carbocycles. The summed E-state index contributed by atoms with van der Waals surface area (Å²) in [6.07, 6.45) is -5.70. The number of anilines is 1. The lowest BCUT2D eigenvalue weighted by molar-refractivity contribution is -0.127. The zero-order chi connectivity index (χ0) is 11.6. The highest BCUT2D eigenvalue weighted by molar-refractivity contribution is 5.90. The number of nitrogens with two attached hydrogens (primary N) is 1. The van der Waals surface area contributed by atoms with Crippen LogP contribution in [0.1, 0.15) is 15.9 Å². The van der Waals surface area contributed by atoms with E-state index in [1.165, 1.54) is 6.07 Å². The Morgan fingerprint density at radius 1 is 1.40 bits per heavy atom. The molecule has 0 spiro atoms. The van der Waals surface area contributed by atoms with Gasteiger partial charge in [0.05, 0.1) is 12.0 Å². The monoisotopic (exact) mass is 219 g/mol. The fraction of sp³-hybridized carbons (Fsp3) is 0.222. The number of hydrogen-bond donors (Lipinski definition) is 2. The van der Waals surface area contributed by atoms with Crippen LogP contribution in [0, 0.1) is 0 Å². The largest absolute Gasteiger partial charge is 0.478 e. The van der Waals surface area contributed by atoms with Gasteiger partial charge in [-0.3, -0.25) is 0 Å². The molecule has 3 nitrogen and oxygen atoms in total. The number of carboxylic acid groups (broad SMARTS) is 1. The van der Waals surface area contributed by atoms with E-state index in [-0.39, 0.29) is 11.3 Å². The molecule has 3 N–H and O–H groups in total. The molecular formula is C9H8F3NO2. The van der Waals surface area contributed by atoms with E-state index in [9.17, 15) is 18.0 Å². The minimum Gasteiger partial charge on any atom is -0.478 e. The Labute approximate surface area is 83.3 Å². The van der Waals surface area contributed by atoms with Gasteiger partial charge in [0, 0.05) is 5.69 Å². The van der Waals surface area contributed by atoms with Gasteiger partial charge < -0.3 is 10.8 Å². The topological polar surface area (TPSA) is 63.3 Å². The van der Waals surface area contributed by atoms with Gasteiger partial charge >= 0.3 is 12.1 Å². The van der Waals surface area contributed by atoms with Crippen LogP contribution >= 0.6 is 0 Å². The first-order valence-electron chi connectivity index (χ1n) is 3.98. The van der Waals surface area contributed by atoms with Gasteiger partial charge in [0.1, 0.15) is 0 Å². The van der Waals surface area contributed by atoms with Crippen LogP contribution in [0.5, 0.6) is 0 Å². The second-order valence-corrected chi connectivity index (χ2v) is 3.01. The summed E-state index contributed by atoms with van der Waals surface area (Å²) >= 11 is 0. The second kappa shape index (κ2) is 3.80. The predicted octanol–water partition coefficient (Wildman–Crippen LogP) is 2.07. The fourth-order valence-corrected chi connectivity index (χ4v) is 1.16. The van der Waals surface area contributed by atoms with Gasteiger partial charge in [0.2, 0.25) is 0 Å². The van der Waals surface area contributed by atoms with E-state index in [4.69, 9.17) is 10.8 Å². The van der Waals surface area contributed by atoms with Gasteiger partial charge in [0.15, 0.2) is 0 Å². The molecule has 6 heteroatoms. The van der Waals surface area contributed by atoms with Crippen molar-refractivity contribution in [3.63, 3.8) is 0 Å². The SMILES string of the molecule is Nc1ccc(CC(F)(F)F)c(C(=O)O)c1. The normalized spacial score (nSPS) is 11.4. The molecule has 0 saturated heterocycles. The maximum Gasteiger partial charge on any atom is 0.393 e. The number of aromatic carboxylic acids is 1. The van der Waals surface area contributed by atoms with Crippen LogP contribution in [-0.4, -0.2) is 17.3 Å². The van der Waals surface area contributed by atoms with Crippen LogP contribution in [0.25, 0.3) is 0 Å². The highest BCUT2D eigenvalue weighted by atomic mass is 19.4. The van der Waals surface area contributed by atoms with Crippen molar-refractivity contribution in [1.82, 2.24) is 0 Å².